The van der Waals surface area contributed by atoms with Gasteiger partial charge in [0.1, 0.15) is 23.0 Å². The van der Waals surface area contributed by atoms with Crippen LogP contribution in [0, 0.1) is 0 Å². The molecule has 9 heteroatoms. The van der Waals surface area contributed by atoms with Crippen LogP contribution in [0.25, 0.3) is 0 Å². The topological polar surface area (TPSA) is 130 Å². The minimum absolute atomic E-state index is 0.00433. The Morgan fingerprint density at radius 1 is 1.00 bits per heavy atom. The lowest BCUT2D eigenvalue weighted by Gasteiger charge is -2.21. The summed E-state index contributed by atoms with van der Waals surface area (Å²) in [6.45, 7) is 7.16. The molecule has 0 fully saturated rings. The van der Waals surface area contributed by atoms with E-state index in [1.54, 1.807) is 25.1 Å². The zero-order valence-electron chi connectivity index (χ0n) is 22.5. The number of hydrogen-bond donors (Lipinski definition) is 3. The molecule has 2 aromatic carbocycles. The first-order chi connectivity index (χ1) is 18.1. The third-order valence-electron chi connectivity index (χ3n) is 5.83. The van der Waals surface area contributed by atoms with E-state index in [1.165, 1.54) is 25.6 Å². The summed E-state index contributed by atoms with van der Waals surface area (Å²) in [5.74, 6) is 0.503. The number of aliphatic hydroxyl groups excluding tert-OH is 1. The van der Waals surface area contributed by atoms with Gasteiger partial charge in [-0.1, -0.05) is 13.3 Å². The van der Waals surface area contributed by atoms with Crippen LogP contribution in [-0.4, -0.2) is 51.8 Å². The standard InChI is InChI=1S/C29H38O8S/c1-5-8-23-25(12-10-22(20(4)32)29(23)37-14-6-9-27(33)34)36-15-7-16-38-26-13-11-21(19(3)31)28(35)24(26)17-18(2)30/h10-13,20,32,35H,5-9,14-17H2,1-4H3,(H,33,34). The molecule has 8 nitrogen and oxygen atoms in total. The van der Waals surface area contributed by atoms with E-state index in [0.717, 1.165) is 16.9 Å². The lowest BCUT2D eigenvalue weighted by atomic mass is 10.0. The van der Waals surface area contributed by atoms with E-state index in [0.29, 0.717) is 54.2 Å². The Morgan fingerprint density at radius 2 is 1.71 bits per heavy atom. The van der Waals surface area contributed by atoms with E-state index >= 15 is 0 Å². The maximum absolute atomic E-state index is 11.8. The summed E-state index contributed by atoms with van der Waals surface area (Å²) in [7, 11) is 0. The number of aromatic hydroxyl groups is 1. The summed E-state index contributed by atoms with van der Waals surface area (Å²) >= 11 is 1.49. The molecule has 38 heavy (non-hydrogen) atoms. The van der Waals surface area contributed by atoms with E-state index in [-0.39, 0.29) is 42.3 Å². The molecule has 1 unspecified atom stereocenters. The Kier molecular flexibility index (Phi) is 12.6. The number of thioether (sulfide) groups is 1. The number of carbonyl (C=O) groups is 3. The number of ether oxygens (including phenoxy) is 2. The van der Waals surface area contributed by atoms with Gasteiger partial charge < -0.3 is 24.8 Å². The highest BCUT2D eigenvalue weighted by molar-refractivity contribution is 7.99. The molecular weight excluding hydrogens is 508 g/mol. The summed E-state index contributed by atoms with van der Waals surface area (Å²) in [5.41, 5.74) is 2.17. The second-order valence-corrected chi connectivity index (χ2v) is 10.3. The highest BCUT2D eigenvalue weighted by Crippen LogP contribution is 2.37. The smallest absolute Gasteiger partial charge is 0.303 e. The molecule has 0 aliphatic rings. The Balaban J connectivity index is 2.10. The van der Waals surface area contributed by atoms with Gasteiger partial charge in [0, 0.05) is 40.2 Å². The van der Waals surface area contributed by atoms with Crippen molar-refractivity contribution >= 4 is 29.3 Å². The van der Waals surface area contributed by atoms with Gasteiger partial charge in [0.05, 0.1) is 24.9 Å². The first-order valence-corrected chi connectivity index (χ1v) is 13.8. The largest absolute Gasteiger partial charge is 0.507 e. The lowest BCUT2D eigenvalue weighted by Crippen LogP contribution is -2.09. The Morgan fingerprint density at radius 3 is 2.32 bits per heavy atom. The highest BCUT2D eigenvalue weighted by Gasteiger charge is 2.19. The van der Waals surface area contributed by atoms with Crippen LogP contribution in [0.5, 0.6) is 17.2 Å². The molecule has 0 aromatic heterocycles. The average molecular weight is 547 g/mol. The number of rotatable bonds is 17. The number of carboxylic acid groups (broad SMARTS) is 1. The van der Waals surface area contributed by atoms with Gasteiger partial charge in [0.15, 0.2) is 5.78 Å². The van der Waals surface area contributed by atoms with E-state index in [4.69, 9.17) is 14.6 Å². The predicted molar refractivity (Wildman–Crippen MR) is 147 cm³/mol. The molecule has 0 saturated heterocycles. The number of benzene rings is 2. The van der Waals surface area contributed by atoms with Crippen LogP contribution in [-0.2, 0) is 22.4 Å². The zero-order valence-corrected chi connectivity index (χ0v) is 23.4. The van der Waals surface area contributed by atoms with Gasteiger partial charge in [0.25, 0.3) is 0 Å². The number of phenols is 1. The monoisotopic (exact) mass is 546 g/mol. The van der Waals surface area contributed by atoms with Gasteiger partial charge >= 0.3 is 5.97 Å². The zero-order chi connectivity index (χ0) is 28.2. The van der Waals surface area contributed by atoms with Crippen molar-refractivity contribution in [3.8, 4) is 17.2 Å². The van der Waals surface area contributed by atoms with Crippen molar-refractivity contribution in [2.24, 2.45) is 0 Å². The fourth-order valence-electron chi connectivity index (χ4n) is 4.03. The number of aliphatic hydroxyl groups is 1. The van der Waals surface area contributed by atoms with E-state index in [2.05, 4.69) is 0 Å². The number of ketones is 2. The van der Waals surface area contributed by atoms with Crippen molar-refractivity contribution < 1.29 is 39.2 Å². The highest BCUT2D eigenvalue weighted by atomic mass is 32.2. The number of carbonyl (C=O) groups excluding carboxylic acids is 2. The molecule has 0 aliphatic heterocycles. The number of phenolic OH excluding ortho intramolecular Hbond substituents is 1. The maximum Gasteiger partial charge on any atom is 0.303 e. The van der Waals surface area contributed by atoms with E-state index < -0.39 is 12.1 Å². The predicted octanol–water partition coefficient (Wildman–Crippen LogP) is 5.54. The average Bonchev–Trinajstić information content (AvgIpc) is 2.84. The van der Waals surface area contributed by atoms with Gasteiger partial charge in [-0.05, 0) is 64.3 Å². The molecule has 0 amide bonds. The number of carboxylic acids is 1. The molecule has 2 aromatic rings. The third kappa shape index (κ3) is 9.06. The van der Waals surface area contributed by atoms with Gasteiger partial charge in [-0.3, -0.25) is 14.4 Å². The van der Waals surface area contributed by atoms with Crippen molar-refractivity contribution in [2.75, 3.05) is 19.0 Å². The molecule has 208 valence electrons. The van der Waals surface area contributed by atoms with Crippen LogP contribution in [0.3, 0.4) is 0 Å². The SMILES string of the molecule is CCCc1c(OCCCSc2ccc(C(C)=O)c(O)c2CC(C)=O)ccc(C(C)O)c1OCCCC(=O)O. The van der Waals surface area contributed by atoms with Gasteiger partial charge in [-0.2, -0.15) is 0 Å². The molecule has 0 bridgehead atoms. The number of hydrogen-bond acceptors (Lipinski definition) is 8. The summed E-state index contributed by atoms with van der Waals surface area (Å²) in [6, 6.07) is 6.95. The molecule has 0 saturated carbocycles. The first kappa shape index (κ1) is 31.2. The van der Waals surface area contributed by atoms with Crippen LogP contribution in [0.15, 0.2) is 29.2 Å². The molecule has 1 atom stereocenters. The van der Waals surface area contributed by atoms with Crippen molar-refractivity contribution in [3.05, 3.63) is 46.5 Å². The number of Topliss-reactive ketones (excluding diaryl/α,β-unsaturated/α-hetero) is 2. The molecular formula is C29H38O8S. The second kappa shape index (κ2) is 15.4. The minimum atomic E-state index is -0.883. The normalized spacial score (nSPS) is 11.7. The van der Waals surface area contributed by atoms with Gasteiger partial charge in [-0.25, -0.2) is 0 Å². The van der Waals surface area contributed by atoms with Crippen LogP contribution in [0.4, 0.5) is 0 Å². The lowest BCUT2D eigenvalue weighted by molar-refractivity contribution is -0.137. The first-order valence-electron chi connectivity index (χ1n) is 12.9. The van der Waals surface area contributed by atoms with Crippen molar-refractivity contribution in [2.45, 2.75) is 77.2 Å². The van der Waals surface area contributed by atoms with Crippen molar-refractivity contribution in [1.29, 1.82) is 0 Å². The second-order valence-electron chi connectivity index (χ2n) is 9.16. The molecule has 2 rings (SSSR count). The maximum atomic E-state index is 11.8. The fraction of sp³-hybridized carbons (Fsp3) is 0.483. The molecule has 0 heterocycles. The molecule has 0 aliphatic carbocycles. The van der Waals surface area contributed by atoms with Gasteiger partial charge in [0.2, 0.25) is 0 Å². The van der Waals surface area contributed by atoms with E-state index in [1.807, 2.05) is 13.0 Å². The number of aliphatic carboxylic acids is 1. The third-order valence-corrected chi connectivity index (χ3v) is 7.01. The Bertz CT molecular complexity index is 1130. The van der Waals surface area contributed by atoms with Gasteiger partial charge in [-0.15, -0.1) is 11.8 Å². The minimum Gasteiger partial charge on any atom is -0.507 e. The van der Waals surface area contributed by atoms with E-state index in [9.17, 15) is 24.6 Å². The molecule has 0 spiro atoms. The van der Waals surface area contributed by atoms with Crippen LogP contribution in [0.1, 0.15) is 86.5 Å². The quantitative estimate of drug-likeness (QED) is 0.133. The Hall–Kier alpha value is -3.04. The molecule has 0 radical (unpaired) electrons. The summed E-state index contributed by atoms with van der Waals surface area (Å²) < 4.78 is 12.1. The van der Waals surface area contributed by atoms with Crippen LogP contribution >= 0.6 is 11.8 Å². The fourth-order valence-corrected chi connectivity index (χ4v) is 5.02. The summed E-state index contributed by atoms with van der Waals surface area (Å²) in [6.07, 6.45) is 1.85. The summed E-state index contributed by atoms with van der Waals surface area (Å²) in [5, 5.41) is 29.7. The van der Waals surface area contributed by atoms with Crippen LogP contribution < -0.4 is 9.47 Å². The summed E-state index contributed by atoms with van der Waals surface area (Å²) in [4.78, 5) is 35.1. The van der Waals surface area contributed by atoms with Crippen LogP contribution in [0.2, 0.25) is 0 Å². The molecule has 3 N–H and O–H groups in total. The van der Waals surface area contributed by atoms with Crippen molar-refractivity contribution in [1.82, 2.24) is 0 Å². The Labute approximate surface area is 228 Å². The van der Waals surface area contributed by atoms with Crippen molar-refractivity contribution in [3.63, 3.8) is 0 Å².